The monoisotopic (exact) mass is 255 g/mol. The lowest BCUT2D eigenvalue weighted by Crippen LogP contribution is -2.27. The molecule has 2 N–H and O–H groups in total. The number of hydrogen-bond acceptors (Lipinski definition) is 5. The second-order valence-electron chi connectivity index (χ2n) is 3.96. The van der Waals surface area contributed by atoms with Crippen LogP contribution in [0.5, 0.6) is 17.2 Å². The van der Waals surface area contributed by atoms with Gasteiger partial charge < -0.3 is 24.6 Å². The zero-order valence-corrected chi connectivity index (χ0v) is 11.5. The van der Waals surface area contributed by atoms with Crippen molar-refractivity contribution < 1.29 is 19.3 Å². The Bertz CT molecular complexity index is 393. The van der Waals surface area contributed by atoms with Crippen LogP contribution in [0.25, 0.3) is 0 Å². The summed E-state index contributed by atoms with van der Waals surface area (Å²) in [6, 6.07) is 3.33. The van der Waals surface area contributed by atoms with E-state index in [1.165, 1.54) is 0 Å². The molecular formula is C13H21NO4. The van der Waals surface area contributed by atoms with Crippen molar-refractivity contribution in [2.75, 3.05) is 28.4 Å². The van der Waals surface area contributed by atoms with Crippen molar-refractivity contribution in [2.45, 2.75) is 19.1 Å². The van der Waals surface area contributed by atoms with Crippen molar-refractivity contribution in [1.29, 1.82) is 0 Å². The maximum absolute atomic E-state index is 9.79. The molecule has 2 unspecified atom stereocenters. The molecule has 0 saturated heterocycles. The van der Waals surface area contributed by atoms with Gasteiger partial charge in [-0.25, -0.2) is 0 Å². The van der Waals surface area contributed by atoms with Crippen LogP contribution in [0.15, 0.2) is 12.1 Å². The average Bonchev–Trinajstić information content (AvgIpc) is 2.38. The minimum absolute atomic E-state index is 0.236. The topological polar surface area (TPSA) is 60.0 Å². The van der Waals surface area contributed by atoms with E-state index in [4.69, 9.17) is 14.2 Å². The molecule has 0 radical (unpaired) electrons. The second kappa shape index (κ2) is 6.47. The quantitative estimate of drug-likeness (QED) is 0.803. The van der Waals surface area contributed by atoms with Crippen molar-refractivity contribution in [2.24, 2.45) is 0 Å². The lowest BCUT2D eigenvalue weighted by atomic mass is 10.0. The molecule has 0 bridgehead atoms. The molecule has 0 aliphatic heterocycles. The summed E-state index contributed by atoms with van der Waals surface area (Å²) in [7, 11) is 6.51. The molecule has 0 amide bonds. The number of aliphatic hydroxyl groups excluding tert-OH is 1. The van der Waals surface area contributed by atoms with Crippen molar-refractivity contribution in [3.05, 3.63) is 17.7 Å². The number of hydrogen-bond donors (Lipinski definition) is 2. The molecule has 0 saturated carbocycles. The summed E-state index contributed by atoms with van der Waals surface area (Å²) in [4.78, 5) is 0. The van der Waals surface area contributed by atoms with Gasteiger partial charge >= 0.3 is 0 Å². The van der Waals surface area contributed by atoms with Gasteiger partial charge in [-0.05, 0) is 20.0 Å². The van der Waals surface area contributed by atoms with Crippen molar-refractivity contribution in [1.82, 2.24) is 5.32 Å². The van der Waals surface area contributed by atoms with Gasteiger partial charge in [0.25, 0.3) is 0 Å². The highest BCUT2D eigenvalue weighted by Crippen LogP contribution is 2.38. The standard InChI is InChI=1S/C13H21NO4/c1-8(15)13(14-2)9-6-11(17-4)12(18-5)7-10(9)16-3/h6-8,13-15H,1-5H3. The SMILES string of the molecule is CNC(c1cc(OC)c(OC)cc1OC)C(C)O. The highest BCUT2D eigenvalue weighted by molar-refractivity contribution is 5.52. The van der Waals surface area contributed by atoms with Crippen LogP contribution in [0, 0.1) is 0 Å². The Morgan fingerprint density at radius 1 is 1.00 bits per heavy atom. The van der Waals surface area contributed by atoms with E-state index in [0.717, 1.165) is 5.56 Å². The molecule has 1 aromatic carbocycles. The Kier molecular flexibility index (Phi) is 5.25. The van der Waals surface area contributed by atoms with Gasteiger partial charge in [0, 0.05) is 11.6 Å². The van der Waals surface area contributed by atoms with Gasteiger partial charge in [0.2, 0.25) is 0 Å². The van der Waals surface area contributed by atoms with Crippen molar-refractivity contribution >= 4 is 0 Å². The van der Waals surface area contributed by atoms with Crippen LogP contribution in [-0.4, -0.2) is 39.6 Å². The van der Waals surface area contributed by atoms with E-state index < -0.39 is 6.10 Å². The summed E-state index contributed by atoms with van der Waals surface area (Å²) in [6.45, 7) is 1.72. The second-order valence-corrected chi connectivity index (χ2v) is 3.96. The Morgan fingerprint density at radius 3 is 1.89 bits per heavy atom. The predicted octanol–water partition coefficient (Wildman–Crippen LogP) is 1.35. The molecule has 1 rings (SSSR count). The molecule has 0 aliphatic carbocycles. The van der Waals surface area contributed by atoms with Crippen molar-refractivity contribution in [3.8, 4) is 17.2 Å². The number of ether oxygens (including phenoxy) is 3. The average molecular weight is 255 g/mol. The smallest absolute Gasteiger partial charge is 0.164 e. The maximum Gasteiger partial charge on any atom is 0.164 e. The minimum Gasteiger partial charge on any atom is -0.496 e. The first-order valence-electron chi connectivity index (χ1n) is 5.74. The van der Waals surface area contributed by atoms with Crippen molar-refractivity contribution in [3.63, 3.8) is 0 Å². The van der Waals surface area contributed by atoms with Crippen LogP contribution < -0.4 is 19.5 Å². The van der Waals surface area contributed by atoms with Gasteiger partial charge in [-0.3, -0.25) is 0 Å². The van der Waals surface area contributed by atoms with E-state index in [1.54, 1.807) is 41.4 Å². The molecule has 1 aromatic rings. The fourth-order valence-corrected chi connectivity index (χ4v) is 1.95. The molecule has 5 heteroatoms. The summed E-state index contributed by atoms with van der Waals surface area (Å²) in [5.41, 5.74) is 0.827. The normalized spacial score (nSPS) is 13.9. The molecule has 5 nitrogen and oxygen atoms in total. The largest absolute Gasteiger partial charge is 0.496 e. The number of nitrogens with one attached hydrogen (secondary N) is 1. The molecule has 102 valence electrons. The van der Waals surface area contributed by atoms with Crippen LogP contribution in [0.1, 0.15) is 18.5 Å². The highest BCUT2D eigenvalue weighted by atomic mass is 16.5. The Labute approximate surface area is 108 Å². The third-order valence-electron chi connectivity index (χ3n) is 2.86. The van der Waals surface area contributed by atoms with Gasteiger partial charge in [0.05, 0.1) is 33.5 Å². The van der Waals surface area contributed by atoms with Crippen LogP contribution in [0.3, 0.4) is 0 Å². The van der Waals surface area contributed by atoms with E-state index >= 15 is 0 Å². The molecular weight excluding hydrogens is 234 g/mol. The van der Waals surface area contributed by atoms with Crippen LogP contribution in [-0.2, 0) is 0 Å². The third-order valence-corrected chi connectivity index (χ3v) is 2.86. The first-order chi connectivity index (χ1) is 8.58. The highest BCUT2D eigenvalue weighted by Gasteiger charge is 2.22. The van der Waals surface area contributed by atoms with Gasteiger partial charge in [-0.2, -0.15) is 0 Å². The Hall–Kier alpha value is -1.46. The van der Waals surface area contributed by atoms with E-state index in [9.17, 15) is 5.11 Å². The summed E-state index contributed by atoms with van der Waals surface area (Å²) >= 11 is 0. The summed E-state index contributed by atoms with van der Waals surface area (Å²) in [6.07, 6.45) is -0.554. The Balaban J connectivity index is 3.32. The van der Waals surface area contributed by atoms with E-state index in [2.05, 4.69) is 5.32 Å². The van der Waals surface area contributed by atoms with Gasteiger partial charge in [-0.15, -0.1) is 0 Å². The zero-order chi connectivity index (χ0) is 13.7. The number of likely N-dealkylation sites (N-methyl/N-ethyl adjacent to an activating group) is 1. The minimum atomic E-state index is -0.554. The van der Waals surface area contributed by atoms with Crippen LogP contribution in [0.2, 0.25) is 0 Å². The fourth-order valence-electron chi connectivity index (χ4n) is 1.95. The van der Waals surface area contributed by atoms with Gasteiger partial charge in [0.1, 0.15) is 5.75 Å². The molecule has 18 heavy (non-hydrogen) atoms. The maximum atomic E-state index is 9.79. The molecule has 2 atom stereocenters. The van der Waals surface area contributed by atoms with Gasteiger partial charge in [0.15, 0.2) is 11.5 Å². The Morgan fingerprint density at radius 2 is 1.50 bits per heavy atom. The first-order valence-corrected chi connectivity index (χ1v) is 5.74. The van der Waals surface area contributed by atoms with E-state index in [0.29, 0.717) is 17.2 Å². The molecule has 0 aromatic heterocycles. The molecule has 0 heterocycles. The van der Waals surface area contributed by atoms with Gasteiger partial charge in [-0.1, -0.05) is 0 Å². The predicted molar refractivity (Wildman–Crippen MR) is 69.6 cm³/mol. The van der Waals surface area contributed by atoms with Crippen LogP contribution in [0.4, 0.5) is 0 Å². The number of aliphatic hydroxyl groups is 1. The van der Waals surface area contributed by atoms with Crippen LogP contribution >= 0.6 is 0 Å². The molecule has 0 fully saturated rings. The first kappa shape index (κ1) is 14.6. The fraction of sp³-hybridized carbons (Fsp3) is 0.538. The summed E-state index contributed by atoms with van der Waals surface area (Å²) in [5, 5.41) is 12.8. The summed E-state index contributed by atoms with van der Waals surface area (Å²) in [5.74, 6) is 1.85. The number of benzene rings is 1. The third kappa shape index (κ3) is 2.86. The summed E-state index contributed by atoms with van der Waals surface area (Å²) < 4.78 is 15.8. The number of rotatable bonds is 6. The van der Waals surface area contributed by atoms with E-state index in [-0.39, 0.29) is 6.04 Å². The lowest BCUT2D eigenvalue weighted by molar-refractivity contribution is 0.148. The molecule has 0 spiro atoms. The zero-order valence-electron chi connectivity index (χ0n) is 11.5. The van der Waals surface area contributed by atoms with E-state index in [1.807, 2.05) is 6.07 Å². The lowest BCUT2D eigenvalue weighted by Gasteiger charge is -2.23. The molecule has 0 aliphatic rings. The number of methoxy groups -OCH3 is 3.